The van der Waals surface area contributed by atoms with E-state index in [1.54, 1.807) is 23.2 Å². The summed E-state index contributed by atoms with van der Waals surface area (Å²) >= 11 is 0. The molecule has 2 aromatic carbocycles. The molecule has 0 atom stereocenters. The molecule has 1 aromatic heterocycles. The van der Waals surface area contributed by atoms with Gasteiger partial charge in [-0.05, 0) is 43.0 Å². The number of amides is 1. The zero-order valence-corrected chi connectivity index (χ0v) is 16.1. The molecule has 2 heterocycles. The summed E-state index contributed by atoms with van der Waals surface area (Å²) in [5.74, 6) is 0.0982. The Morgan fingerprint density at radius 2 is 2.00 bits per heavy atom. The maximum Gasteiger partial charge on any atom is 0.256 e. The fourth-order valence-corrected chi connectivity index (χ4v) is 3.86. The monoisotopic (exact) mass is 390 g/mol. The van der Waals surface area contributed by atoms with Crippen LogP contribution in [0.4, 0.5) is 4.39 Å². The molecule has 6 heteroatoms. The van der Waals surface area contributed by atoms with E-state index in [0.717, 1.165) is 34.5 Å². The number of rotatable bonds is 6. The predicted molar refractivity (Wildman–Crippen MR) is 109 cm³/mol. The van der Waals surface area contributed by atoms with Crippen LogP contribution in [0, 0.1) is 11.7 Å². The van der Waals surface area contributed by atoms with Crippen LogP contribution in [-0.2, 0) is 6.42 Å². The molecule has 29 heavy (non-hydrogen) atoms. The van der Waals surface area contributed by atoms with Gasteiger partial charge in [0.05, 0.1) is 17.5 Å². The number of likely N-dealkylation sites (tertiary alicyclic amines) is 1. The number of carbonyl (C=O) groups is 1. The minimum Gasteiger partial charge on any atom is -0.335 e. The zero-order chi connectivity index (χ0) is 19.8. The van der Waals surface area contributed by atoms with Crippen molar-refractivity contribution in [1.82, 2.24) is 20.4 Å². The van der Waals surface area contributed by atoms with Crippen molar-refractivity contribution in [3.8, 4) is 0 Å². The third kappa shape index (κ3) is 3.85. The van der Waals surface area contributed by atoms with E-state index < -0.39 is 5.82 Å². The van der Waals surface area contributed by atoms with Crippen molar-refractivity contribution in [1.29, 1.82) is 0 Å². The van der Waals surface area contributed by atoms with Gasteiger partial charge in [0.2, 0.25) is 0 Å². The minimum absolute atomic E-state index is 0.135. The molecule has 1 saturated heterocycles. The topological polar surface area (TPSA) is 58.1 Å². The van der Waals surface area contributed by atoms with E-state index in [1.807, 2.05) is 24.3 Å². The number of halogens is 1. The van der Waals surface area contributed by atoms with Gasteiger partial charge in [0, 0.05) is 36.3 Å². The number of hydrogen-bond donors (Lipinski definition) is 1. The van der Waals surface area contributed by atoms with E-state index in [9.17, 15) is 9.18 Å². The van der Waals surface area contributed by atoms with Crippen LogP contribution in [-0.4, -0.2) is 46.7 Å². The molecule has 148 valence electrons. The number of nitrogens with one attached hydrogen (secondary N) is 1. The molecule has 0 bridgehead atoms. The molecule has 5 rings (SSSR count). The molecular weight excluding hydrogens is 367 g/mol. The maximum absolute atomic E-state index is 14.4. The van der Waals surface area contributed by atoms with Crippen molar-refractivity contribution in [3.05, 3.63) is 71.3 Å². The third-order valence-corrected chi connectivity index (χ3v) is 5.84. The van der Waals surface area contributed by atoms with Crippen molar-refractivity contribution < 1.29 is 9.18 Å². The molecule has 2 fully saturated rings. The summed E-state index contributed by atoms with van der Waals surface area (Å²) in [7, 11) is 0. The van der Waals surface area contributed by atoms with Crippen LogP contribution in [0.3, 0.4) is 0 Å². The second-order valence-corrected chi connectivity index (χ2v) is 8.13. The minimum atomic E-state index is -0.475. The van der Waals surface area contributed by atoms with Gasteiger partial charge in [-0.1, -0.05) is 30.3 Å². The van der Waals surface area contributed by atoms with Crippen LogP contribution in [0.25, 0.3) is 10.8 Å². The van der Waals surface area contributed by atoms with Crippen molar-refractivity contribution in [2.24, 2.45) is 5.92 Å². The number of benzene rings is 2. The van der Waals surface area contributed by atoms with Crippen molar-refractivity contribution in [2.75, 3.05) is 19.6 Å². The Morgan fingerprint density at radius 1 is 1.17 bits per heavy atom. The molecule has 2 aliphatic rings. The second kappa shape index (κ2) is 7.52. The van der Waals surface area contributed by atoms with Crippen LogP contribution in [0.2, 0.25) is 0 Å². The van der Waals surface area contributed by atoms with Crippen LogP contribution < -0.4 is 5.32 Å². The summed E-state index contributed by atoms with van der Waals surface area (Å²) in [5, 5.41) is 13.9. The summed E-state index contributed by atoms with van der Waals surface area (Å²) in [6.07, 6.45) is 4.85. The Kier molecular flexibility index (Phi) is 4.72. The van der Waals surface area contributed by atoms with Gasteiger partial charge in [-0.15, -0.1) is 0 Å². The molecule has 0 spiro atoms. The van der Waals surface area contributed by atoms with Gasteiger partial charge in [-0.25, -0.2) is 4.39 Å². The molecular formula is C23H23FN4O. The quantitative estimate of drug-likeness (QED) is 0.702. The number of aromatic nitrogens is 2. The molecule has 5 nitrogen and oxygen atoms in total. The lowest BCUT2D eigenvalue weighted by atomic mass is 10.0. The first-order chi connectivity index (χ1) is 14.2. The lowest BCUT2D eigenvalue weighted by Gasteiger charge is -2.40. The number of nitrogens with zero attached hydrogens (tertiary/aromatic N) is 3. The largest absolute Gasteiger partial charge is 0.335 e. The lowest BCUT2D eigenvalue weighted by Crippen LogP contribution is -2.60. The number of fused-ring (bicyclic) bond motifs is 1. The van der Waals surface area contributed by atoms with E-state index in [2.05, 4.69) is 15.5 Å². The number of hydrogen-bond acceptors (Lipinski definition) is 4. The molecule has 3 aromatic rings. The van der Waals surface area contributed by atoms with Gasteiger partial charge in [-0.3, -0.25) is 4.79 Å². The van der Waals surface area contributed by atoms with Gasteiger partial charge in [0.15, 0.2) is 0 Å². The highest BCUT2D eigenvalue weighted by molar-refractivity contribution is 5.95. The highest BCUT2D eigenvalue weighted by Gasteiger charge is 2.33. The van der Waals surface area contributed by atoms with Gasteiger partial charge in [-0.2, -0.15) is 10.2 Å². The molecule has 1 saturated carbocycles. The summed E-state index contributed by atoms with van der Waals surface area (Å²) in [4.78, 5) is 14.5. The van der Waals surface area contributed by atoms with E-state index in [4.69, 9.17) is 0 Å². The lowest BCUT2D eigenvalue weighted by molar-refractivity contribution is 0.0562. The molecule has 1 aliphatic heterocycles. The van der Waals surface area contributed by atoms with E-state index in [-0.39, 0.29) is 11.5 Å². The van der Waals surface area contributed by atoms with Crippen molar-refractivity contribution >= 4 is 16.7 Å². The first-order valence-corrected chi connectivity index (χ1v) is 10.2. The third-order valence-electron chi connectivity index (χ3n) is 5.84. The zero-order valence-electron chi connectivity index (χ0n) is 16.1. The normalized spacial score (nSPS) is 16.8. The highest BCUT2D eigenvalue weighted by Crippen LogP contribution is 2.28. The molecule has 0 radical (unpaired) electrons. The fraction of sp³-hybridized carbons (Fsp3) is 0.348. The average molecular weight is 390 g/mol. The second-order valence-electron chi connectivity index (χ2n) is 8.13. The molecule has 1 amide bonds. The molecule has 1 aliphatic carbocycles. The molecule has 0 unspecified atom stereocenters. The van der Waals surface area contributed by atoms with Crippen LogP contribution in [0.1, 0.15) is 34.5 Å². The van der Waals surface area contributed by atoms with Crippen LogP contribution >= 0.6 is 0 Å². The maximum atomic E-state index is 14.4. The average Bonchev–Trinajstić information content (AvgIpc) is 3.53. The Hall–Kier alpha value is -2.86. The Balaban J connectivity index is 1.30. The van der Waals surface area contributed by atoms with E-state index in [1.165, 1.54) is 18.9 Å². The van der Waals surface area contributed by atoms with Gasteiger partial charge in [0.25, 0.3) is 5.91 Å². The summed E-state index contributed by atoms with van der Waals surface area (Å²) in [6.45, 7) is 2.32. The first kappa shape index (κ1) is 18.2. The fourth-order valence-electron chi connectivity index (χ4n) is 3.86. The Labute approximate surface area is 168 Å². The highest BCUT2D eigenvalue weighted by atomic mass is 19.1. The van der Waals surface area contributed by atoms with Crippen molar-refractivity contribution in [2.45, 2.75) is 25.3 Å². The summed E-state index contributed by atoms with van der Waals surface area (Å²) < 4.78 is 14.4. The van der Waals surface area contributed by atoms with Gasteiger partial charge < -0.3 is 10.2 Å². The molecule has 1 N–H and O–H groups in total. The van der Waals surface area contributed by atoms with Crippen LogP contribution in [0.5, 0.6) is 0 Å². The number of carbonyl (C=O) groups excluding carboxylic acids is 1. The van der Waals surface area contributed by atoms with Crippen LogP contribution in [0.15, 0.2) is 48.7 Å². The summed E-state index contributed by atoms with van der Waals surface area (Å²) in [5.41, 5.74) is 1.81. The van der Waals surface area contributed by atoms with Gasteiger partial charge in [0.1, 0.15) is 5.82 Å². The first-order valence-electron chi connectivity index (χ1n) is 10.2. The SMILES string of the molecule is O=C(c1cc(Cc2nncc3ccccc23)ccc1F)N1CC(NCC2CC2)C1. The predicted octanol–water partition coefficient (Wildman–Crippen LogP) is 3.18. The summed E-state index contributed by atoms with van der Waals surface area (Å²) in [6, 6.07) is 13.0. The smallest absolute Gasteiger partial charge is 0.256 e. The van der Waals surface area contributed by atoms with E-state index >= 15 is 0 Å². The van der Waals surface area contributed by atoms with Gasteiger partial charge >= 0.3 is 0 Å². The Bertz CT molecular complexity index is 1050. The van der Waals surface area contributed by atoms with E-state index in [0.29, 0.717) is 25.6 Å². The standard InChI is InChI=1S/C23H23FN4O/c24-21-8-7-16(10-22-19-4-2-1-3-17(19)12-26-27-22)9-20(21)23(29)28-13-18(14-28)25-11-15-5-6-15/h1-4,7-9,12,15,18,25H,5-6,10-11,13-14H2. The Morgan fingerprint density at radius 3 is 2.83 bits per heavy atom. The van der Waals surface area contributed by atoms with Crippen molar-refractivity contribution in [3.63, 3.8) is 0 Å².